The van der Waals surface area contributed by atoms with Crippen LogP contribution < -0.4 is 10.6 Å². The van der Waals surface area contributed by atoms with Gasteiger partial charge in [0, 0.05) is 5.92 Å². The number of nitrogens with zero attached hydrogens (tertiary/aromatic N) is 1. The Kier molecular flexibility index (Phi) is 6.41. The van der Waals surface area contributed by atoms with Crippen LogP contribution in [0.5, 0.6) is 0 Å². The summed E-state index contributed by atoms with van der Waals surface area (Å²) in [4.78, 5) is 38.9. The van der Waals surface area contributed by atoms with Crippen LogP contribution in [0, 0.1) is 0 Å². The second kappa shape index (κ2) is 9.45. The normalized spacial score (nSPS) is 13.3. The predicted octanol–water partition coefficient (Wildman–Crippen LogP) is 4.19. The van der Waals surface area contributed by atoms with Crippen molar-refractivity contribution in [3.8, 4) is 11.1 Å². The number of rotatable bonds is 6. The molecule has 1 unspecified atom stereocenters. The van der Waals surface area contributed by atoms with E-state index in [-0.39, 0.29) is 23.9 Å². The quantitative estimate of drug-likeness (QED) is 0.482. The molecule has 35 heavy (non-hydrogen) atoms. The minimum Gasteiger partial charge on any atom is -0.477 e. The van der Waals surface area contributed by atoms with Crippen LogP contribution in [0.4, 0.5) is 23.7 Å². The lowest BCUT2D eigenvalue weighted by molar-refractivity contribution is -0.164. The van der Waals surface area contributed by atoms with Crippen LogP contribution in [-0.2, 0) is 9.53 Å². The van der Waals surface area contributed by atoms with Gasteiger partial charge in [-0.05, 0) is 34.4 Å². The van der Waals surface area contributed by atoms with E-state index in [1.165, 1.54) is 0 Å². The highest BCUT2D eigenvalue weighted by molar-refractivity contribution is 5.97. The van der Waals surface area contributed by atoms with Crippen molar-refractivity contribution in [3.63, 3.8) is 0 Å². The van der Waals surface area contributed by atoms with Gasteiger partial charge < -0.3 is 20.5 Å². The van der Waals surface area contributed by atoms with Crippen molar-refractivity contribution in [2.24, 2.45) is 0 Å². The number of alkyl carbamates (subject to hydrolysis) is 1. The number of hydrogen-bond donors (Lipinski definition) is 3. The van der Waals surface area contributed by atoms with Crippen LogP contribution in [0.2, 0.25) is 0 Å². The van der Waals surface area contributed by atoms with Gasteiger partial charge in [-0.1, -0.05) is 48.5 Å². The summed E-state index contributed by atoms with van der Waals surface area (Å²) < 4.78 is 45.6. The first-order valence-corrected chi connectivity index (χ1v) is 10.3. The van der Waals surface area contributed by atoms with Gasteiger partial charge in [0.25, 0.3) is 5.91 Å². The minimum absolute atomic E-state index is 0.177. The van der Waals surface area contributed by atoms with Crippen molar-refractivity contribution in [2.45, 2.75) is 18.1 Å². The smallest absolute Gasteiger partial charge is 0.417 e. The molecule has 0 radical (unpaired) electrons. The van der Waals surface area contributed by atoms with Gasteiger partial charge in [-0.2, -0.15) is 13.2 Å². The van der Waals surface area contributed by atoms with E-state index < -0.39 is 30.2 Å². The number of pyridine rings is 1. The summed E-state index contributed by atoms with van der Waals surface area (Å²) >= 11 is 0. The highest BCUT2D eigenvalue weighted by Crippen LogP contribution is 2.44. The molecule has 1 aliphatic rings. The van der Waals surface area contributed by atoms with E-state index in [9.17, 15) is 27.6 Å². The molecule has 0 saturated heterocycles. The fourth-order valence-corrected chi connectivity index (χ4v) is 3.86. The number of alkyl halides is 3. The summed E-state index contributed by atoms with van der Waals surface area (Å²) in [5.74, 6) is -3.30. The number of carbonyl (C=O) groups excluding carboxylic acids is 2. The molecule has 180 valence electrons. The number of halogens is 3. The molecule has 2 amide bonds. The first-order chi connectivity index (χ1) is 16.6. The monoisotopic (exact) mass is 485 g/mol. The highest BCUT2D eigenvalue weighted by atomic mass is 19.4. The Morgan fingerprint density at radius 1 is 0.971 bits per heavy atom. The number of aromatic nitrogens is 1. The Morgan fingerprint density at radius 2 is 1.57 bits per heavy atom. The summed E-state index contributed by atoms with van der Waals surface area (Å²) in [5, 5.41) is 12.4. The first kappa shape index (κ1) is 23.7. The zero-order chi connectivity index (χ0) is 25.2. The van der Waals surface area contributed by atoms with Crippen LogP contribution in [0.3, 0.4) is 0 Å². The molecular weight excluding hydrogens is 467 g/mol. The molecule has 3 aromatic rings. The number of anilines is 1. The van der Waals surface area contributed by atoms with Crippen molar-refractivity contribution in [1.82, 2.24) is 10.3 Å². The Morgan fingerprint density at radius 3 is 2.09 bits per heavy atom. The van der Waals surface area contributed by atoms with Crippen molar-refractivity contribution in [1.29, 1.82) is 0 Å². The van der Waals surface area contributed by atoms with Crippen LogP contribution in [0.1, 0.15) is 27.5 Å². The summed E-state index contributed by atoms with van der Waals surface area (Å²) in [6.45, 7) is -0.230. The van der Waals surface area contributed by atoms with E-state index in [1.54, 1.807) is 5.32 Å². The summed E-state index contributed by atoms with van der Waals surface area (Å²) in [6.07, 6.45) is -5.64. The van der Waals surface area contributed by atoms with E-state index in [1.807, 2.05) is 53.8 Å². The molecule has 2 aromatic carbocycles. The first-order valence-electron chi connectivity index (χ1n) is 10.3. The number of nitrogens with one attached hydrogen (secondary N) is 2. The molecule has 1 aromatic heterocycles. The van der Waals surface area contributed by atoms with Gasteiger partial charge in [0.1, 0.15) is 12.3 Å². The van der Waals surface area contributed by atoms with Crippen molar-refractivity contribution in [3.05, 3.63) is 83.7 Å². The maximum absolute atomic E-state index is 13.5. The van der Waals surface area contributed by atoms with Crippen LogP contribution >= 0.6 is 0 Å². The number of carboxylic acid groups (broad SMARTS) is 1. The molecule has 1 atom stereocenters. The van der Waals surface area contributed by atoms with Gasteiger partial charge in [-0.15, -0.1) is 0 Å². The van der Waals surface area contributed by atoms with Crippen LogP contribution in [0.25, 0.3) is 11.1 Å². The molecule has 0 saturated carbocycles. The third-order valence-electron chi connectivity index (χ3n) is 5.45. The lowest BCUT2D eigenvalue weighted by Gasteiger charge is -2.21. The summed E-state index contributed by atoms with van der Waals surface area (Å²) in [5.41, 5.74) is 3.13. The van der Waals surface area contributed by atoms with E-state index in [2.05, 4.69) is 4.98 Å². The number of aromatic carboxylic acids is 1. The standard InChI is InChI=1S/C24H18F3N3O5/c25-24(26,27)20(21(31)29-13-9-10-19(22(32)33)28-11-13)30-23(34)35-12-18-16-7-3-1-5-14(16)15-6-2-4-8-17(15)18/h1-11,18,20H,12H2,(H,29,31)(H,30,34)(H,32,33). The molecule has 0 fully saturated rings. The van der Waals surface area contributed by atoms with Crippen LogP contribution in [0.15, 0.2) is 66.9 Å². The number of amides is 2. The summed E-state index contributed by atoms with van der Waals surface area (Å²) in [6, 6.07) is 14.1. The largest absolute Gasteiger partial charge is 0.477 e. The number of benzene rings is 2. The topological polar surface area (TPSA) is 118 Å². The maximum Gasteiger partial charge on any atom is 0.417 e. The van der Waals surface area contributed by atoms with E-state index >= 15 is 0 Å². The second-order valence-electron chi connectivity index (χ2n) is 7.67. The number of hydrogen-bond acceptors (Lipinski definition) is 5. The van der Waals surface area contributed by atoms with Crippen molar-refractivity contribution in [2.75, 3.05) is 11.9 Å². The fraction of sp³-hybridized carbons (Fsp3) is 0.167. The molecule has 8 nitrogen and oxygen atoms in total. The number of carbonyl (C=O) groups is 3. The van der Waals surface area contributed by atoms with Crippen molar-refractivity contribution < 1.29 is 37.4 Å². The average Bonchev–Trinajstić information content (AvgIpc) is 3.14. The number of ether oxygens (including phenoxy) is 1. The van der Waals surface area contributed by atoms with Gasteiger partial charge in [0.05, 0.1) is 11.9 Å². The highest BCUT2D eigenvalue weighted by Gasteiger charge is 2.46. The van der Waals surface area contributed by atoms with E-state index in [0.717, 1.165) is 40.6 Å². The Labute approximate surface area is 196 Å². The third kappa shape index (κ3) is 5.08. The lowest BCUT2D eigenvalue weighted by atomic mass is 9.98. The second-order valence-corrected chi connectivity index (χ2v) is 7.67. The lowest BCUT2D eigenvalue weighted by Crippen LogP contribution is -2.53. The Bertz CT molecular complexity index is 1230. The van der Waals surface area contributed by atoms with E-state index in [4.69, 9.17) is 9.84 Å². The molecular formula is C24H18F3N3O5. The molecule has 0 bridgehead atoms. The molecule has 1 aliphatic carbocycles. The summed E-state index contributed by atoms with van der Waals surface area (Å²) in [7, 11) is 0. The van der Waals surface area contributed by atoms with Gasteiger partial charge in [-0.25, -0.2) is 14.6 Å². The zero-order valence-corrected chi connectivity index (χ0v) is 17.9. The minimum atomic E-state index is -5.12. The van der Waals surface area contributed by atoms with Gasteiger partial charge in [-0.3, -0.25) is 4.79 Å². The number of fused-ring (bicyclic) bond motifs is 3. The molecule has 1 heterocycles. The Balaban J connectivity index is 1.43. The van der Waals surface area contributed by atoms with E-state index in [0.29, 0.717) is 0 Å². The molecule has 4 rings (SSSR count). The van der Waals surface area contributed by atoms with Gasteiger partial charge in [0.2, 0.25) is 6.04 Å². The van der Waals surface area contributed by atoms with Crippen molar-refractivity contribution >= 4 is 23.7 Å². The zero-order valence-electron chi connectivity index (χ0n) is 17.9. The fourth-order valence-electron chi connectivity index (χ4n) is 3.86. The average molecular weight is 485 g/mol. The molecule has 0 spiro atoms. The molecule has 3 N–H and O–H groups in total. The molecule has 0 aliphatic heterocycles. The van der Waals surface area contributed by atoms with Gasteiger partial charge in [0.15, 0.2) is 0 Å². The molecule has 11 heteroatoms. The van der Waals surface area contributed by atoms with Crippen LogP contribution in [-0.4, -0.2) is 46.9 Å². The maximum atomic E-state index is 13.5. The Hall–Kier alpha value is -4.41. The number of carboxylic acids is 1. The SMILES string of the molecule is O=C(NC(C(=O)Nc1ccc(C(=O)O)nc1)C(F)(F)F)OCC1c2ccccc2-c2ccccc21. The predicted molar refractivity (Wildman–Crippen MR) is 118 cm³/mol. The van der Waals surface area contributed by atoms with Gasteiger partial charge >= 0.3 is 18.2 Å². The third-order valence-corrected chi connectivity index (χ3v) is 5.45.